The number of rotatable bonds is 3. The number of anilines is 1. The van der Waals surface area contributed by atoms with Crippen LogP contribution in [0.2, 0.25) is 0 Å². The third kappa shape index (κ3) is 2.35. The van der Waals surface area contributed by atoms with Crippen LogP contribution in [0.5, 0.6) is 0 Å². The van der Waals surface area contributed by atoms with Gasteiger partial charge in [0.25, 0.3) is 0 Å². The molecule has 19 heavy (non-hydrogen) atoms. The van der Waals surface area contributed by atoms with E-state index in [-0.39, 0.29) is 24.5 Å². The van der Waals surface area contributed by atoms with Crippen LogP contribution in [0.4, 0.5) is 5.69 Å². The molecule has 0 N–H and O–H groups in total. The number of fused-ring (bicyclic) bond motifs is 1. The second-order valence-electron chi connectivity index (χ2n) is 5.57. The molecule has 0 bridgehead atoms. The van der Waals surface area contributed by atoms with Crippen LogP contribution in [0.25, 0.3) is 0 Å². The van der Waals surface area contributed by atoms with E-state index >= 15 is 0 Å². The third-order valence-corrected chi connectivity index (χ3v) is 3.30. The Labute approximate surface area is 113 Å². The number of esters is 1. The molecule has 1 aromatic rings. The van der Waals surface area contributed by atoms with Crippen molar-refractivity contribution in [3.05, 3.63) is 29.8 Å². The van der Waals surface area contributed by atoms with Crippen LogP contribution in [0, 0.1) is 0 Å². The SMILES string of the molecule is CC(C)OC(=O)CN1C(=O)C(C)(C)c2ccccc21. The van der Waals surface area contributed by atoms with Gasteiger partial charge in [-0.2, -0.15) is 0 Å². The van der Waals surface area contributed by atoms with Crippen molar-refractivity contribution >= 4 is 17.6 Å². The minimum atomic E-state index is -0.589. The number of para-hydroxylation sites is 1. The lowest BCUT2D eigenvalue weighted by Gasteiger charge is -2.20. The first kappa shape index (κ1) is 13.6. The highest BCUT2D eigenvalue weighted by atomic mass is 16.5. The first-order chi connectivity index (χ1) is 8.84. The Balaban J connectivity index is 2.28. The fourth-order valence-electron chi connectivity index (χ4n) is 2.39. The summed E-state index contributed by atoms with van der Waals surface area (Å²) in [6.07, 6.45) is -0.173. The monoisotopic (exact) mass is 261 g/mol. The summed E-state index contributed by atoms with van der Waals surface area (Å²) in [7, 11) is 0. The Kier molecular flexibility index (Phi) is 3.35. The maximum absolute atomic E-state index is 12.4. The van der Waals surface area contributed by atoms with E-state index in [0.29, 0.717) is 0 Å². The molecular formula is C15H19NO3. The van der Waals surface area contributed by atoms with Crippen molar-refractivity contribution in [2.75, 3.05) is 11.4 Å². The van der Waals surface area contributed by atoms with Gasteiger partial charge in [0.2, 0.25) is 5.91 Å². The number of benzene rings is 1. The Hall–Kier alpha value is -1.84. The number of hydrogen-bond donors (Lipinski definition) is 0. The molecule has 0 fully saturated rings. The first-order valence-corrected chi connectivity index (χ1v) is 6.45. The van der Waals surface area contributed by atoms with Crippen molar-refractivity contribution in [2.24, 2.45) is 0 Å². The lowest BCUT2D eigenvalue weighted by molar-refractivity contribution is -0.146. The number of nitrogens with zero attached hydrogens (tertiary/aromatic N) is 1. The number of carbonyl (C=O) groups is 2. The van der Waals surface area contributed by atoms with E-state index in [9.17, 15) is 9.59 Å². The zero-order chi connectivity index (χ0) is 14.2. The molecule has 0 atom stereocenters. The zero-order valence-corrected chi connectivity index (χ0v) is 11.8. The Morgan fingerprint density at radius 1 is 1.32 bits per heavy atom. The van der Waals surface area contributed by atoms with E-state index in [0.717, 1.165) is 11.3 Å². The molecule has 0 radical (unpaired) electrons. The highest BCUT2D eigenvalue weighted by Crippen LogP contribution is 2.40. The molecule has 102 valence electrons. The fraction of sp³-hybridized carbons (Fsp3) is 0.467. The summed E-state index contributed by atoms with van der Waals surface area (Å²) >= 11 is 0. The second-order valence-corrected chi connectivity index (χ2v) is 5.57. The maximum Gasteiger partial charge on any atom is 0.326 e. The Morgan fingerprint density at radius 3 is 2.58 bits per heavy atom. The van der Waals surface area contributed by atoms with Crippen LogP contribution in [-0.4, -0.2) is 24.5 Å². The van der Waals surface area contributed by atoms with E-state index in [4.69, 9.17) is 4.74 Å². The molecule has 1 aliphatic heterocycles. The molecule has 0 saturated carbocycles. The van der Waals surface area contributed by atoms with Crippen molar-refractivity contribution in [1.82, 2.24) is 0 Å². The molecule has 1 heterocycles. The smallest absolute Gasteiger partial charge is 0.326 e. The molecule has 0 aromatic heterocycles. The van der Waals surface area contributed by atoms with Gasteiger partial charge in [0.1, 0.15) is 6.54 Å². The molecule has 1 aliphatic rings. The normalized spacial score (nSPS) is 16.7. The second kappa shape index (κ2) is 4.68. The van der Waals surface area contributed by atoms with Crippen LogP contribution in [0.1, 0.15) is 33.3 Å². The lowest BCUT2D eigenvalue weighted by Crippen LogP contribution is -2.40. The lowest BCUT2D eigenvalue weighted by atomic mass is 9.86. The molecule has 1 amide bonds. The highest BCUT2D eigenvalue weighted by molar-refractivity contribution is 6.09. The van der Waals surface area contributed by atoms with Gasteiger partial charge in [-0.05, 0) is 39.3 Å². The summed E-state index contributed by atoms with van der Waals surface area (Å²) in [6, 6.07) is 7.57. The van der Waals surface area contributed by atoms with Gasteiger partial charge in [-0.25, -0.2) is 0 Å². The highest BCUT2D eigenvalue weighted by Gasteiger charge is 2.44. The van der Waals surface area contributed by atoms with Gasteiger partial charge in [0.15, 0.2) is 0 Å². The topological polar surface area (TPSA) is 46.6 Å². The third-order valence-electron chi connectivity index (χ3n) is 3.30. The summed E-state index contributed by atoms with van der Waals surface area (Å²) in [5.41, 5.74) is 1.17. The largest absolute Gasteiger partial charge is 0.462 e. The fourth-order valence-corrected chi connectivity index (χ4v) is 2.39. The van der Waals surface area contributed by atoms with Crippen LogP contribution >= 0.6 is 0 Å². The first-order valence-electron chi connectivity index (χ1n) is 6.45. The van der Waals surface area contributed by atoms with Gasteiger partial charge in [-0.1, -0.05) is 18.2 Å². The number of hydrogen-bond acceptors (Lipinski definition) is 3. The molecular weight excluding hydrogens is 242 g/mol. The number of carbonyl (C=O) groups excluding carboxylic acids is 2. The van der Waals surface area contributed by atoms with Crippen molar-refractivity contribution in [3.63, 3.8) is 0 Å². The maximum atomic E-state index is 12.4. The number of ether oxygens (including phenoxy) is 1. The van der Waals surface area contributed by atoms with Crippen LogP contribution in [0.3, 0.4) is 0 Å². The standard InChI is InChI=1S/C15H19NO3/c1-10(2)19-13(17)9-16-12-8-6-5-7-11(12)15(3,4)14(16)18/h5-8,10H,9H2,1-4H3. The van der Waals surface area contributed by atoms with Crippen molar-refractivity contribution in [2.45, 2.75) is 39.2 Å². The predicted molar refractivity (Wildman–Crippen MR) is 73.0 cm³/mol. The molecule has 4 heteroatoms. The van der Waals surface area contributed by atoms with E-state index in [1.54, 1.807) is 13.8 Å². The Bertz CT molecular complexity index is 520. The van der Waals surface area contributed by atoms with Crippen LogP contribution < -0.4 is 4.90 Å². The summed E-state index contributed by atoms with van der Waals surface area (Å²) in [5.74, 6) is -0.440. The van der Waals surface area contributed by atoms with E-state index in [2.05, 4.69) is 0 Å². The predicted octanol–water partition coefficient (Wildman–Crippen LogP) is 2.26. The van der Waals surface area contributed by atoms with E-state index in [1.165, 1.54) is 4.90 Å². The van der Waals surface area contributed by atoms with Gasteiger partial charge in [0, 0.05) is 5.69 Å². The van der Waals surface area contributed by atoms with Gasteiger partial charge in [-0.15, -0.1) is 0 Å². The Morgan fingerprint density at radius 2 is 1.95 bits per heavy atom. The molecule has 4 nitrogen and oxygen atoms in total. The van der Waals surface area contributed by atoms with Crippen LogP contribution in [0.15, 0.2) is 24.3 Å². The molecule has 1 aromatic carbocycles. The summed E-state index contributed by atoms with van der Waals surface area (Å²) in [4.78, 5) is 25.7. The summed E-state index contributed by atoms with van der Waals surface area (Å²) in [5, 5.41) is 0. The zero-order valence-electron chi connectivity index (χ0n) is 11.8. The summed E-state index contributed by atoms with van der Waals surface area (Å²) < 4.78 is 5.11. The minimum absolute atomic E-state index is 0.0303. The molecule has 0 aliphatic carbocycles. The average Bonchev–Trinajstić information content (AvgIpc) is 2.51. The van der Waals surface area contributed by atoms with Crippen molar-refractivity contribution < 1.29 is 14.3 Å². The van der Waals surface area contributed by atoms with Crippen molar-refractivity contribution in [3.8, 4) is 0 Å². The minimum Gasteiger partial charge on any atom is -0.462 e. The van der Waals surface area contributed by atoms with Gasteiger partial charge in [0.05, 0.1) is 11.5 Å². The molecule has 0 spiro atoms. The van der Waals surface area contributed by atoms with E-state index in [1.807, 2.05) is 38.1 Å². The van der Waals surface area contributed by atoms with E-state index < -0.39 is 5.41 Å². The van der Waals surface area contributed by atoms with Crippen molar-refractivity contribution in [1.29, 1.82) is 0 Å². The average molecular weight is 261 g/mol. The number of amides is 1. The molecule has 0 saturated heterocycles. The van der Waals surface area contributed by atoms with Gasteiger partial charge >= 0.3 is 5.97 Å². The van der Waals surface area contributed by atoms with Gasteiger partial charge < -0.3 is 9.64 Å². The molecule has 0 unspecified atom stereocenters. The quantitative estimate of drug-likeness (QED) is 0.784. The van der Waals surface area contributed by atoms with Gasteiger partial charge in [-0.3, -0.25) is 9.59 Å². The van der Waals surface area contributed by atoms with Crippen LogP contribution in [-0.2, 0) is 19.7 Å². The molecule has 2 rings (SSSR count). The summed E-state index contributed by atoms with van der Waals surface area (Å²) in [6.45, 7) is 7.31.